The molecule has 2 rings (SSSR count). The number of hydrogen-bond donors (Lipinski definition) is 2. The Kier molecular flexibility index (Phi) is 8.58. The minimum Gasteiger partial charge on any atom is -0.350 e. The van der Waals surface area contributed by atoms with Crippen molar-refractivity contribution >= 4 is 52.6 Å². The van der Waals surface area contributed by atoms with Gasteiger partial charge in [-0.15, -0.1) is 46.7 Å². The number of aromatic nitrogens is 2. The zero-order valence-corrected chi connectivity index (χ0v) is 18.8. The maximum absolute atomic E-state index is 4.68. The van der Waals surface area contributed by atoms with E-state index in [1.54, 1.807) is 29.7 Å². The molecule has 2 heterocycles. The van der Waals surface area contributed by atoms with Crippen molar-refractivity contribution in [3.8, 4) is 0 Å². The van der Waals surface area contributed by atoms with E-state index in [1.165, 1.54) is 4.88 Å². The van der Waals surface area contributed by atoms with Gasteiger partial charge in [-0.3, -0.25) is 4.99 Å². The van der Waals surface area contributed by atoms with Crippen molar-refractivity contribution in [1.82, 2.24) is 20.6 Å². The van der Waals surface area contributed by atoms with E-state index in [0.29, 0.717) is 13.1 Å². The highest BCUT2D eigenvalue weighted by atomic mass is 127. The van der Waals surface area contributed by atoms with Crippen molar-refractivity contribution in [2.75, 3.05) is 7.05 Å². The van der Waals surface area contributed by atoms with Crippen LogP contribution in [-0.4, -0.2) is 23.0 Å². The summed E-state index contributed by atoms with van der Waals surface area (Å²) < 4.78 is 0. The van der Waals surface area contributed by atoms with E-state index in [1.807, 2.05) is 6.20 Å². The molecular formula is C16H26IN5S2. The molecule has 0 saturated heterocycles. The third-order valence-electron chi connectivity index (χ3n) is 3.31. The fourth-order valence-corrected chi connectivity index (χ4v) is 3.63. The number of thiazole rings is 2. The summed E-state index contributed by atoms with van der Waals surface area (Å²) in [5, 5.41) is 10.9. The second-order valence-corrected chi connectivity index (χ2v) is 8.37. The lowest BCUT2D eigenvalue weighted by molar-refractivity contribution is 0.570. The van der Waals surface area contributed by atoms with Gasteiger partial charge in [0.1, 0.15) is 10.0 Å². The monoisotopic (exact) mass is 479 g/mol. The lowest BCUT2D eigenvalue weighted by Crippen LogP contribution is -2.36. The zero-order chi connectivity index (χ0) is 16.9. The van der Waals surface area contributed by atoms with Gasteiger partial charge in [0.25, 0.3) is 0 Å². The molecule has 8 heteroatoms. The molecule has 2 aromatic heterocycles. The lowest BCUT2D eigenvalue weighted by atomic mass is 9.93. The molecule has 0 spiro atoms. The van der Waals surface area contributed by atoms with Crippen LogP contribution in [0.4, 0.5) is 0 Å². The van der Waals surface area contributed by atoms with Gasteiger partial charge >= 0.3 is 0 Å². The average Bonchev–Trinajstić information content (AvgIpc) is 3.15. The van der Waals surface area contributed by atoms with Gasteiger partial charge in [0.2, 0.25) is 0 Å². The summed E-state index contributed by atoms with van der Waals surface area (Å²) in [7, 11) is 1.77. The second-order valence-electron chi connectivity index (χ2n) is 6.23. The zero-order valence-electron chi connectivity index (χ0n) is 14.8. The Balaban J connectivity index is 0.00000288. The Morgan fingerprint density at radius 1 is 1.21 bits per heavy atom. The fraction of sp³-hybridized carbons (Fsp3) is 0.562. The normalized spacial score (nSPS) is 12.0. The van der Waals surface area contributed by atoms with Gasteiger partial charge in [0.15, 0.2) is 5.96 Å². The smallest absolute Gasteiger partial charge is 0.191 e. The Morgan fingerprint density at radius 3 is 2.38 bits per heavy atom. The molecule has 0 radical (unpaired) electrons. The number of halogens is 1. The van der Waals surface area contributed by atoms with E-state index < -0.39 is 0 Å². The van der Waals surface area contributed by atoms with Gasteiger partial charge in [-0.2, -0.15) is 0 Å². The summed E-state index contributed by atoms with van der Waals surface area (Å²) in [6, 6.07) is 0. The molecule has 0 aliphatic carbocycles. The lowest BCUT2D eigenvalue weighted by Gasteiger charge is -2.14. The SMILES string of the molecule is CCc1cnc(CNC(=NC)NCc2nc(C(C)(C)C)cs2)s1.I. The number of nitrogens with one attached hydrogen (secondary N) is 2. The number of guanidine groups is 1. The van der Waals surface area contributed by atoms with Crippen LogP contribution < -0.4 is 10.6 Å². The summed E-state index contributed by atoms with van der Waals surface area (Å²) in [5.41, 5.74) is 1.23. The van der Waals surface area contributed by atoms with Crippen LogP contribution in [0, 0.1) is 0 Å². The number of rotatable bonds is 5. The Bertz CT molecular complexity index is 657. The van der Waals surface area contributed by atoms with E-state index in [4.69, 9.17) is 0 Å². The molecule has 0 aromatic carbocycles. The van der Waals surface area contributed by atoms with Crippen molar-refractivity contribution in [3.05, 3.63) is 32.2 Å². The highest BCUT2D eigenvalue weighted by Gasteiger charge is 2.17. The van der Waals surface area contributed by atoms with E-state index in [-0.39, 0.29) is 29.4 Å². The standard InChI is InChI=1S/C16H25N5S2.HI/c1-6-11-7-18-13(23-11)8-19-15(17-5)20-9-14-21-12(10-22-14)16(2,3)4;/h7,10H,6,8-9H2,1-5H3,(H2,17,19,20);1H. The molecule has 24 heavy (non-hydrogen) atoms. The van der Waals surface area contributed by atoms with Crippen molar-refractivity contribution in [3.63, 3.8) is 0 Å². The molecule has 134 valence electrons. The van der Waals surface area contributed by atoms with Crippen molar-refractivity contribution < 1.29 is 0 Å². The van der Waals surface area contributed by atoms with Crippen LogP contribution in [0.1, 0.15) is 48.3 Å². The van der Waals surface area contributed by atoms with Gasteiger partial charge in [-0.05, 0) is 6.42 Å². The molecule has 0 atom stereocenters. The van der Waals surface area contributed by atoms with Crippen molar-refractivity contribution in [2.45, 2.75) is 52.6 Å². The second kappa shape index (κ2) is 9.67. The summed E-state index contributed by atoms with van der Waals surface area (Å²) in [4.78, 5) is 14.6. The van der Waals surface area contributed by atoms with Crippen LogP contribution in [0.15, 0.2) is 16.6 Å². The first-order valence-corrected chi connectivity index (χ1v) is 9.45. The maximum atomic E-state index is 4.68. The molecule has 0 unspecified atom stereocenters. The average molecular weight is 479 g/mol. The van der Waals surface area contributed by atoms with Gasteiger partial charge in [0.05, 0.1) is 18.8 Å². The molecule has 2 aromatic rings. The van der Waals surface area contributed by atoms with Gasteiger partial charge in [-0.1, -0.05) is 27.7 Å². The molecule has 0 fully saturated rings. The third-order valence-corrected chi connectivity index (χ3v) is 5.30. The van der Waals surface area contributed by atoms with E-state index >= 15 is 0 Å². The fourth-order valence-electron chi connectivity index (χ4n) is 1.87. The van der Waals surface area contributed by atoms with Gasteiger partial charge in [0, 0.05) is 28.9 Å². The summed E-state index contributed by atoms with van der Waals surface area (Å²) in [5.74, 6) is 0.769. The van der Waals surface area contributed by atoms with Gasteiger partial charge < -0.3 is 10.6 Å². The highest BCUT2D eigenvalue weighted by molar-refractivity contribution is 14.0. The van der Waals surface area contributed by atoms with Gasteiger partial charge in [-0.25, -0.2) is 9.97 Å². The molecule has 0 saturated carbocycles. The van der Waals surface area contributed by atoms with Crippen LogP contribution in [0.25, 0.3) is 0 Å². The maximum Gasteiger partial charge on any atom is 0.191 e. The first-order chi connectivity index (χ1) is 10.9. The molecular weight excluding hydrogens is 453 g/mol. The van der Waals surface area contributed by atoms with Crippen LogP contribution in [-0.2, 0) is 24.9 Å². The Labute approximate surface area is 169 Å². The van der Waals surface area contributed by atoms with E-state index in [0.717, 1.165) is 28.1 Å². The van der Waals surface area contributed by atoms with E-state index in [9.17, 15) is 0 Å². The van der Waals surface area contributed by atoms with Crippen molar-refractivity contribution in [1.29, 1.82) is 0 Å². The minimum absolute atomic E-state index is 0. The quantitative estimate of drug-likeness (QED) is 0.388. The number of aryl methyl sites for hydroxylation is 1. The third kappa shape index (κ3) is 6.29. The molecule has 5 nitrogen and oxygen atoms in total. The number of aliphatic imine (C=N–C) groups is 1. The first kappa shape index (κ1) is 21.3. The number of hydrogen-bond acceptors (Lipinski definition) is 5. The topological polar surface area (TPSA) is 62.2 Å². The summed E-state index contributed by atoms with van der Waals surface area (Å²) >= 11 is 3.42. The molecule has 0 amide bonds. The number of nitrogens with zero attached hydrogens (tertiary/aromatic N) is 3. The van der Waals surface area contributed by atoms with Crippen molar-refractivity contribution in [2.24, 2.45) is 4.99 Å². The van der Waals surface area contributed by atoms with Crippen LogP contribution >= 0.6 is 46.7 Å². The molecule has 0 aliphatic rings. The highest BCUT2D eigenvalue weighted by Crippen LogP contribution is 2.23. The summed E-state index contributed by atoms with van der Waals surface area (Å²) in [6.45, 7) is 10.0. The minimum atomic E-state index is 0. The first-order valence-electron chi connectivity index (χ1n) is 7.75. The Hall–Kier alpha value is -0.740. The predicted molar refractivity (Wildman–Crippen MR) is 115 cm³/mol. The molecule has 0 bridgehead atoms. The van der Waals surface area contributed by atoms with Crippen LogP contribution in [0.3, 0.4) is 0 Å². The van der Waals surface area contributed by atoms with Crippen LogP contribution in [0.5, 0.6) is 0 Å². The summed E-state index contributed by atoms with van der Waals surface area (Å²) in [6.07, 6.45) is 2.98. The molecule has 0 aliphatic heterocycles. The Morgan fingerprint density at radius 2 is 1.88 bits per heavy atom. The van der Waals surface area contributed by atoms with E-state index in [2.05, 4.69) is 58.7 Å². The molecule has 2 N–H and O–H groups in total. The predicted octanol–water partition coefficient (Wildman–Crippen LogP) is 3.94. The van der Waals surface area contributed by atoms with Crippen LogP contribution in [0.2, 0.25) is 0 Å². The largest absolute Gasteiger partial charge is 0.350 e.